The van der Waals surface area contributed by atoms with Gasteiger partial charge in [0.25, 0.3) is 0 Å². The second kappa shape index (κ2) is 8.45. The number of carboxylic acids is 1. The summed E-state index contributed by atoms with van der Waals surface area (Å²) in [5.41, 5.74) is -0.593. The Labute approximate surface area is 156 Å². The van der Waals surface area contributed by atoms with E-state index < -0.39 is 41.5 Å². The molecule has 1 rings (SSSR count). The van der Waals surface area contributed by atoms with Crippen LogP contribution in [0.1, 0.15) is 61.8 Å². The average molecular weight is 385 g/mol. The van der Waals surface area contributed by atoms with Crippen LogP contribution in [0, 0.1) is 5.92 Å². The summed E-state index contributed by atoms with van der Waals surface area (Å²) in [6.07, 6.45) is -1.59. The zero-order valence-electron chi connectivity index (χ0n) is 15.9. The van der Waals surface area contributed by atoms with Gasteiger partial charge < -0.3 is 19.4 Å². The predicted molar refractivity (Wildman–Crippen MR) is 90.2 cm³/mol. The van der Waals surface area contributed by atoms with Gasteiger partial charge >= 0.3 is 17.9 Å². The maximum atomic E-state index is 13.7. The minimum absolute atomic E-state index is 0.110. The van der Waals surface area contributed by atoms with Gasteiger partial charge in [-0.1, -0.05) is 20.8 Å². The standard InChI is InChI=1S/C19H24F2O6/c1-6-18(4,5)27-16(23)13-9-7-12(8-10-13)15(22)26-14(11(2)3)19(20,21)17(24)25/h7-11,14H,6H2,1-5H3,(H,24,25)/p-1. The number of carbonyl (C=O) groups excluding carboxylic acids is 3. The molecule has 6 nitrogen and oxygen atoms in total. The van der Waals surface area contributed by atoms with Gasteiger partial charge in [0.05, 0.1) is 11.1 Å². The van der Waals surface area contributed by atoms with E-state index in [0.717, 1.165) is 0 Å². The first-order valence-corrected chi connectivity index (χ1v) is 8.45. The Morgan fingerprint density at radius 3 is 1.85 bits per heavy atom. The van der Waals surface area contributed by atoms with E-state index in [2.05, 4.69) is 0 Å². The second-order valence-corrected chi connectivity index (χ2v) is 7.06. The van der Waals surface area contributed by atoms with Gasteiger partial charge in [0.15, 0.2) is 6.10 Å². The number of hydrogen-bond donors (Lipinski definition) is 0. The minimum atomic E-state index is -4.33. The first kappa shape index (κ1) is 22.5. The molecular weight excluding hydrogens is 362 g/mol. The molecule has 1 aromatic carbocycles. The number of ether oxygens (including phenoxy) is 2. The summed E-state index contributed by atoms with van der Waals surface area (Å²) in [5.74, 6) is -9.65. The molecule has 0 bridgehead atoms. The molecular formula is C19H23F2O6-. The number of rotatable bonds is 8. The van der Waals surface area contributed by atoms with E-state index >= 15 is 0 Å². The third-order valence-electron chi connectivity index (χ3n) is 4.05. The number of hydrogen-bond acceptors (Lipinski definition) is 6. The van der Waals surface area contributed by atoms with Crippen molar-refractivity contribution in [2.75, 3.05) is 0 Å². The summed E-state index contributed by atoms with van der Waals surface area (Å²) in [5, 5.41) is 10.6. The topological polar surface area (TPSA) is 92.7 Å². The number of carboxylic acid groups (broad SMARTS) is 1. The van der Waals surface area contributed by atoms with Crippen LogP contribution < -0.4 is 5.11 Å². The molecule has 0 amide bonds. The van der Waals surface area contributed by atoms with Gasteiger partial charge in [-0.3, -0.25) is 0 Å². The zero-order chi connectivity index (χ0) is 21.0. The SMILES string of the molecule is CCC(C)(C)OC(=O)c1ccc(C(=O)OC(C(C)C)C(F)(F)C(=O)[O-])cc1. The number of carbonyl (C=O) groups is 3. The predicted octanol–water partition coefficient (Wildman–Crippen LogP) is 2.60. The highest BCUT2D eigenvalue weighted by molar-refractivity contribution is 5.93. The van der Waals surface area contributed by atoms with Crippen molar-refractivity contribution in [3.63, 3.8) is 0 Å². The van der Waals surface area contributed by atoms with Crippen LogP contribution >= 0.6 is 0 Å². The lowest BCUT2D eigenvalue weighted by Crippen LogP contribution is -2.53. The molecule has 1 atom stereocenters. The van der Waals surface area contributed by atoms with Crippen molar-refractivity contribution in [2.24, 2.45) is 5.92 Å². The Balaban J connectivity index is 2.93. The highest BCUT2D eigenvalue weighted by atomic mass is 19.3. The molecule has 0 N–H and O–H groups in total. The maximum Gasteiger partial charge on any atom is 0.338 e. The Morgan fingerprint density at radius 2 is 1.48 bits per heavy atom. The molecule has 8 heteroatoms. The molecule has 0 saturated carbocycles. The molecule has 0 aromatic heterocycles. The normalized spacial score (nSPS) is 13.2. The Bertz CT molecular complexity index is 695. The monoisotopic (exact) mass is 385 g/mol. The van der Waals surface area contributed by atoms with Crippen molar-refractivity contribution in [2.45, 2.75) is 58.7 Å². The fourth-order valence-electron chi connectivity index (χ4n) is 2.05. The molecule has 1 unspecified atom stereocenters. The van der Waals surface area contributed by atoms with E-state index in [1.807, 2.05) is 6.92 Å². The van der Waals surface area contributed by atoms with Crippen LogP contribution in [0.15, 0.2) is 24.3 Å². The fourth-order valence-corrected chi connectivity index (χ4v) is 2.05. The van der Waals surface area contributed by atoms with E-state index in [1.165, 1.54) is 38.1 Å². The van der Waals surface area contributed by atoms with Crippen LogP contribution in [0.4, 0.5) is 8.78 Å². The van der Waals surface area contributed by atoms with Crippen LogP contribution in [0.25, 0.3) is 0 Å². The summed E-state index contributed by atoms with van der Waals surface area (Å²) in [4.78, 5) is 34.8. The zero-order valence-corrected chi connectivity index (χ0v) is 15.9. The van der Waals surface area contributed by atoms with Crippen LogP contribution in [0.3, 0.4) is 0 Å². The Hall–Kier alpha value is -2.51. The highest BCUT2D eigenvalue weighted by Crippen LogP contribution is 2.27. The van der Waals surface area contributed by atoms with E-state index in [4.69, 9.17) is 9.47 Å². The Morgan fingerprint density at radius 1 is 1.04 bits per heavy atom. The first-order chi connectivity index (χ1) is 12.3. The highest BCUT2D eigenvalue weighted by Gasteiger charge is 2.46. The molecule has 0 fully saturated rings. The van der Waals surface area contributed by atoms with Crippen LogP contribution in [0.2, 0.25) is 0 Å². The third-order valence-corrected chi connectivity index (χ3v) is 4.05. The molecule has 0 heterocycles. The minimum Gasteiger partial charge on any atom is -0.544 e. The van der Waals surface area contributed by atoms with Gasteiger partial charge in [-0.05, 0) is 50.5 Å². The van der Waals surface area contributed by atoms with Crippen LogP contribution in [-0.2, 0) is 14.3 Å². The summed E-state index contributed by atoms with van der Waals surface area (Å²) < 4.78 is 37.4. The molecule has 0 aliphatic carbocycles. The van der Waals surface area contributed by atoms with Gasteiger partial charge in [-0.15, -0.1) is 0 Å². The lowest BCUT2D eigenvalue weighted by molar-refractivity contribution is -0.337. The van der Waals surface area contributed by atoms with Gasteiger partial charge in [0.1, 0.15) is 11.6 Å². The second-order valence-electron chi connectivity index (χ2n) is 7.06. The summed E-state index contributed by atoms with van der Waals surface area (Å²) >= 11 is 0. The maximum absolute atomic E-state index is 13.7. The third kappa shape index (κ3) is 5.74. The summed E-state index contributed by atoms with van der Waals surface area (Å²) in [6.45, 7) is 7.95. The van der Waals surface area contributed by atoms with Crippen molar-refractivity contribution in [1.29, 1.82) is 0 Å². The lowest BCUT2D eigenvalue weighted by atomic mass is 10.0. The van der Waals surface area contributed by atoms with Crippen LogP contribution in [0.5, 0.6) is 0 Å². The van der Waals surface area contributed by atoms with Crippen molar-refractivity contribution in [1.82, 2.24) is 0 Å². The average Bonchev–Trinajstić information content (AvgIpc) is 2.58. The smallest absolute Gasteiger partial charge is 0.338 e. The van der Waals surface area contributed by atoms with E-state index in [-0.39, 0.29) is 11.1 Å². The van der Waals surface area contributed by atoms with Crippen molar-refractivity contribution in [3.8, 4) is 0 Å². The number of halogens is 2. The molecule has 0 aliphatic heterocycles. The fraction of sp³-hybridized carbons (Fsp3) is 0.526. The molecule has 1 aromatic rings. The van der Waals surface area contributed by atoms with Gasteiger partial charge in [-0.2, -0.15) is 8.78 Å². The van der Waals surface area contributed by atoms with Gasteiger partial charge in [0.2, 0.25) is 0 Å². The molecule has 27 heavy (non-hydrogen) atoms. The van der Waals surface area contributed by atoms with E-state index in [0.29, 0.717) is 6.42 Å². The van der Waals surface area contributed by atoms with Crippen molar-refractivity contribution < 1.29 is 37.7 Å². The largest absolute Gasteiger partial charge is 0.544 e. The summed E-state index contributed by atoms with van der Waals surface area (Å²) in [7, 11) is 0. The number of esters is 2. The van der Waals surface area contributed by atoms with Crippen LogP contribution in [-0.4, -0.2) is 35.5 Å². The number of benzene rings is 1. The van der Waals surface area contributed by atoms with E-state index in [9.17, 15) is 28.3 Å². The summed E-state index contributed by atoms with van der Waals surface area (Å²) in [6, 6.07) is 5.02. The molecule has 0 saturated heterocycles. The van der Waals surface area contributed by atoms with Gasteiger partial charge in [-0.25, -0.2) is 9.59 Å². The molecule has 0 spiro atoms. The Kier molecular flexibility index (Phi) is 7.05. The number of aliphatic carboxylic acids is 1. The molecule has 0 radical (unpaired) electrons. The molecule has 150 valence electrons. The first-order valence-electron chi connectivity index (χ1n) is 8.45. The van der Waals surface area contributed by atoms with Crippen molar-refractivity contribution in [3.05, 3.63) is 35.4 Å². The van der Waals surface area contributed by atoms with E-state index in [1.54, 1.807) is 13.8 Å². The molecule has 0 aliphatic rings. The number of alkyl halides is 2. The van der Waals surface area contributed by atoms with Gasteiger partial charge in [0, 0.05) is 0 Å². The van der Waals surface area contributed by atoms with Crippen molar-refractivity contribution >= 4 is 17.9 Å². The quantitative estimate of drug-likeness (QED) is 0.639. The lowest BCUT2D eigenvalue weighted by Gasteiger charge is -2.30.